The molecule has 0 saturated heterocycles. The third-order valence-electron chi connectivity index (χ3n) is 9.76. The van der Waals surface area contributed by atoms with Gasteiger partial charge in [-0.25, -0.2) is 0 Å². The first kappa shape index (κ1) is 59.3. The van der Waals surface area contributed by atoms with E-state index in [1.165, 1.54) is 0 Å². The van der Waals surface area contributed by atoms with Crippen molar-refractivity contribution < 1.29 is 28.6 Å². The van der Waals surface area contributed by atoms with Crippen LogP contribution in [0.15, 0.2) is 146 Å². The minimum atomic E-state index is -0.820. The van der Waals surface area contributed by atoms with Crippen LogP contribution in [-0.2, 0) is 28.6 Å². The molecule has 0 aliphatic rings. The standard InChI is InChI=1S/C58H88O6/c1-4-7-10-13-16-19-22-25-28-31-33-36-39-42-45-48-51-57(60)63-54-55(64-58(61)52-49-46-43-40-37-34-30-27-24-21-18-15-12-9-6-3)53-62-56(59)50-47-44-41-38-35-32-29-26-23-20-17-14-11-8-5-2/h7-12,14-21,23-30,33,36,55H,4-6,13,22,31-32,34-35,37-54H2,1-3H3/b10-7-,11-8-,12-9-,17-14-,18-15-,19-16-,23-20-,24-21-,28-25-,29-26-,30-27-,36-33-. The van der Waals surface area contributed by atoms with Gasteiger partial charge in [0.2, 0.25) is 0 Å². The van der Waals surface area contributed by atoms with Gasteiger partial charge in [0.25, 0.3) is 0 Å². The molecule has 0 aliphatic carbocycles. The summed E-state index contributed by atoms with van der Waals surface area (Å²) in [5.74, 6) is -1.01. The Balaban J connectivity index is 4.57. The van der Waals surface area contributed by atoms with E-state index in [2.05, 4.69) is 118 Å². The van der Waals surface area contributed by atoms with Crippen molar-refractivity contribution in [2.45, 2.75) is 187 Å². The summed E-state index contributed by atoms with van der Waals surface area (Å²) in [5.41, 5.74) is 0. The van der Waals surface area contributed by atoms with Crippen LogP contribution >= 0.6 is 0 Å². The summed E-state index contributed by atoms with van der Waals surface area (Å²) in [5, 5.41) is 0. The van der Waals surface area contributed by atoms with Crippen molar-refractivity contribution in [3.63, 3.8) is 0 Å². The van der Waals surface area contributed by atoms with E-state index in [-0.39, 0.29) is 37.5 Å². The van der Waals surface area contributed by atoms with E-state index >= 15 is 0 Å². The topological polar surface area (TPSA) is 78.9 Å². The number of rotatable bonds is 42. The first-order valence-electron chi connectivity index (χ1n) is 24.9. The van der Waals surface area contributed by atoms with Gasteiger partial charge in [0.05, 0.1) is 0 Å². The summed E-state index contributed by atoms with van der Waals surface area (Å²) >= 11 is 0. The Bertz CT molecular complexity index is 1480. The van der Waals surface area contributed by atoms with Crippen LogP contribution < -0.4 is 0 Å². The van der Waals surface area contributed by atoms with Gasteiger partial charge in [-0.05, 0) is 96.3 Å². The third kappa shape index (κ3) is 48.3. The van der Waals surface area contributed by atoms with Gasteiger partial charge < -0.3 is 14.2 Å². The second-order valence-electron chi connectivity index (χ2n) is 15.8. The van der Waals surface area contributed by atoms with Crippen molar-refractivity contribution in [1.29, 1.82) is 0 Å². The Morgan fingerprint density at radius 3 is 1.08 bits per heavy atom. The molecule has 0 N–H and O–H groups in total. The maximum atomic E-state index is 12.8. The van der Waals surface area contributed by atoms with E-state index in [9.17, 15) is 14.4 Å². The fourth-order valence-electron chi connectivity index (χ4n) is 6.10. The highest BCUT2D eigenvalue weighted by Crippen LogP contribution is 2.12. The molecule has 0 aliphatic heterocycles. The molecule has 356 valence electrons. The Hall–Kier alpha value is -4.71. The zero-order chi connectivity index (χ0) is 46.5. The molecular formula is C58H88O6. The number of allylic oxidation sites excluding steroid dienone is 24. The Labute approximate surface area is 391 Å². The number of ether oxygens (including phenoxy) is 3. The van der Waals surface area contributed by atoms with Crippen molar-refractivity contribution in [2.75, 3.05) is 13.2 Å². The van der Waals surface area contributed by atoms with Crippen LogP contribution in [-0.4, -0.2) is 37.2 Å². The predicted molar refractivity (Wildman–Crippen MR) is 274 cm³/mol. The average Bonchev–Trinajstić information content (AvgIpc) is 3.29. The highest BCUT2D eigenvalue weighted by Gasteiger charge is 2.19. The zero-order valence-corrected chi connectivity index (χ0v) is 40.5. The molecule has 0 heterocycles. The second-order valence-corrected chi connectivity index (χ2v) is 15.8. The summed E-state index contributed by atoms with van der Waals surface area (Å²) in [4.78, 5) is 38.0. The SMILES string of the molecule is CC\C=C/C=C\C=C/C=C\CCCCCCCC(=O)OCC(COC(=O)CCCCC/C=C\C/C=C\C/C=C\C/C=C\CC)OC(=O)CCCCCCC\C=C/C=C\C=C/C=C\CC. The van der Waals surface area contributed by atoms with Crippen molar-refractivity contribution in [3.8, 4) is 0 Å². The van der Waals surface area contributed by atoms with Crippen LogP contribution in [0.4, 0.5) is 0 Å². The molecule has 0 spiro atoms. The highest BCUT2D eigenvalue weighted by molar-refractivity contribution is 5.71. The van der Waals surface area contributed by atoms with E-state index in [1.807, 2.05) is 48.6 Å². The third-order valence-corrected chi connectivity index (χ3v) is 9.76. The number of carbonyl (C=O) groups is 3. The van der Waals surface area contributed by atoms with Gasteiger partial charge >= 0.3 is 17.9 Å². The smallest absolute Gasteiger partial charge is 0.306 e. The largest absolute Gasteiger partial charge is 0.462 e. The molecule has 0 amide bonds. The van der Waals surface area contributed by atoms with Gasteiger partial charge in [0.15, 0.2) is 6.10 Å². The highest BCUT2D eigenvalue weighted by atomic mass is 16.6. The maximum absolute atomic E-state index is 12.8. The average molecular weight is 881 g/mol. The normalized spacial score (nSPS) is 13.4. The van der Waals surface area contributed by atoms with Gasteiger partial charge in [-0.3, -0.25) is 14.4 Å². The molecule has 0 rings (SSSR count). The van der Waals surface area contributed by atoms with Crippen LogP contribution in [0.2, 0.25) is 0 Å². The lowest BCUT2D eigenvalue weighted by molar-refractivity contribution is -0.167. The Morgan fingerprint density at radius 1 is 0.328 bits per heavy atom. The quantitative estimate of drug-likeness (QED) is 0.0200. The summed E-state index contributed by atoms with van der Waals surface area (Å²) in [7, 11) is 0. The summed E-state index contributed by atoms with van der Waals surface area (Å²) < 4.78 is 16.7. The summed E-state index contributed by atoms with van der Waals surface area (Å²) in [6, 6.07) is 0. The van der Waals surface area contributed by atoms with E-state index < -0.39 is 6.10 Å². The van der Waals surface area contributed by atoms with Gasteiger partial charge in [0, 0.05) is 19.3 Å². The molecule has 1 atom stereocenters. The molecule has 0 radical (unpaired) electrons. The minimum absolute atomic E-state index is 0.117. The van der Waals surface area contributed by atoms with E-state index in [1.54, 1.807) is 0 Å². The monoisotopic (exact) mass is 881 g/mol. The maximum Gasteiger partial charge on any atom is 0.306 e. The number of esters is 3. The molecule has 0 saturated carbocycles. The van der Waals surface area contributed by atoms with Crippen LogP contribution in [0.1, 0.15) is 181 Å². The van der Waals surface area contributed by atoms with Crippen molar-refractivity contribution >= 4 is 17.9 Å². The molecular weight excluding hydrogens is 793 g/mol. The second kappa shape index (κ2) is 50.9. The molecule has 0 aromatic carbocycles. The lowest BCUT2D eigenvalue weighted by Gasteiger charge is -2.18. The van der Waals surface area contributed by atoms with Crippen molar-refractivity contribution in [1.82, 2.24) is 0 Å². The molecule has 0 aromatic heterocycles. The van der Waals surface area contributed by atoms with Crippen molar-refractivity contribution in [3.05, 3.63) is 146 Å². The summed E-state index contributed by atoms with van der Waals surface area (Å²) in [6.07, 6.45) is 72.5. The van der Waals surface area contributed by atoms with Gasteiger partial charge in [-0.1, -0.05) is 212 Å². The van der Waals surface area contributed by atoms with Crippen LogP contribution in [0, 0.1) is 0 Å². The molecule has 0 aromatic rings. The predicted octanol–water partition coefficient (Wildman–Crippen LogP) is 16.5. The number of unbranched alkanes of at least 4 members (excludes halogenated alkanes) is 13. The first-order valence-corrected chi connectivity index (χ1v) is 24.9. The van der Waals surface area contributed by atoms with E-state index in [0.717, 1.165) is 141 Å². The molecule has 0 bridgehead atoms. The van der Waals surface area contributed by atoms with Gasteiger partial charge in [0.1, 0.15) is 13.2 Å². The first-order chi connectivity index (χ1) is 31.5. The molecule has 1 unspecified atom stereocenters. The molecule has 6 heteroatoms. The van der Waals surface area contributed by atoms with Crippen LogP contribution in [0.5, 0.6) is 0 Å². The zero-order valence-electron chi connectivity index (χ0n) is 40.5. The lowest BCUT2D eigenvalue weighted by Crippen LogP contribution is -2.30. The van der Waals surface area contributed by atoms with E-state index in [4.69, 9.17) is 14.2 Å². The number of hydrogen-bond donors (Lipinski definition) is 0. The van der Waals surface area contributed by atoms with Crippen molar-refractivity contribution in [2.24, 2.45) is 0 Å². The fraction of sp³-hybridized carbons (Fsp3) is 0.534. The van der Waals surface area contributed by atoms with Crippen LogP contribution in [0.3, 0.4) is 0 Å². The number of carbonyl (C=O) groups excluding carboxylic acids is 3. The minimum Gasteiger partial charge on any atom is -0.462 e. The molecule has 0 fully saturated rings. The Morgan fingerprint density at radius 2 is 0.641 bits per heavy atom. The van der Waals surface area contributed by atoms with Gasteiger partial charge in [-0.2, -0.15) is 0 Å². The van der Waals surface area contributed by atoms with Crippen LogP contribution in [0.25, 0.3) is 0 Å². The lowest BCUT2D eigenvalue weighted by atomic mass is 10.1. The fourth-order valence-corrected chi connectivity index (χ4v) is 6.10. The van der Waals surface area contributed by atoms with Gasteiger partial charge in [-0.15, -0.1) is 0 Å². The number of hydrogen-bond acceptors (Lipinski definition) is 6. The summed E-state index contributed by atoms with van der Waals surface area (Å²) in [6.45, 7) is 6.15. The molecule has 6 nitrogen and oxygen atoms in total. The Kier molecular flexibility index (Phi) is 47.2. The molecule has 64 heavy (non-hydrogen) atoms. The van der Waals surface area contributed by atoms with E-state index in [0.29, 0.717) is 12.8 Å².